The van der Waals surface area contributed by atoms with Crippen LogP contribution >= 0.6 is 0 Å². The molecule has 1 atom stereocenters. The van der Waals surface area contributed by atoms with Gasteiger partial charge in [-0.3, -0.25) is 0 Å². The Kier molecular flexibility index (Phi) is 6.42. The van der Waals surface area contributed by atoms with Gasteiger partial charge >= 0.3 is 0 Å². The summed E-state index contributed by atoms with van der Waals surface area (Å²) in [5.74, 6) is 1.57. The van der Waals surface area contributed by atoms with Crippen LogP contribution in [-0.2, 0) is 11.3 Å². The molecule has 0 aliphatic carbocycles. The first kappa shape index (κ1) is 19.5. The Morgan fingerprint density at radius 2 is 1.52 bits per heavy atom. The highest BCUT2D eigenvalue weighted by Gasteiger charge is 2.18. The van der Waals surface area contributed by atoms with Crippen molar-refractivity contribution in [3.05, 3.63) is 95.6 Å². The number of fused-ring (bicyclic) bond motifs is 1. The van der Waals surface area contributed by atoms with E-state index in [2.05, 4.69) is 29.6 Å². The number of hydrogen-bond acceptors (Lipinski definition) is 4. The summed E-state index contributed by atoms with van der Waals surface area (Å²) >= 11 is 0. The number of ether oxygens (including phenoxy) is 3. The van der Waals surface area contributed by atoms with Crippen molar-refractivity contribution in [1.29, 1.82) is 0 Å². The van der Waals surface area contributed by atoms with E-state index in [0.717, 1.165) is 34.7 Å². The summed E-state index contributed by atoms with van der Waals surface area (Å²) in [6, 6.07) is 26.1. The minimum Gasteiger partial charge on any atom is -0.454 e. The Bertz CT molecular complexity index is 862. The highest BCUT2D eigenvalue weighted by Crippen LogP contribution is 2.32. The third kappa shape index (κ3) is 5.15. The molecule has 1 heterocycles. The first-order valence-corrected chi connectivity index (χ1v) is 9.89. The molecule has 0 aromatic heterocycles. The van der Waals surface area contributed by atoms with Gasteiger partial charge in [0.2, 0.25) is 6.79 Å². The average molecular weight is 392 g/mol. The maximum absolute atomic E-state index is 10.4. The van der Waals surface area contributed by atoms with E-state index >= 15 is 0 Å². The van der Waals surface area contributed by atoms with E-state index in [1.807, 2.05) is 54.6 Å². The minimum absolute atomic E-state index is 0.194. The van der Waals surface area contributed by atoms with Crippen LogP contribution in [0.25, 0.3) is 0 Å². The first-order valence-electron chi connectivity index (χ1n) is 9.89. The largest absolute Gasteiger partial charge is 0.454 e. The van der Waals surface area contributed by atoms with Crippen molar-refractivity contribution in [3.8, 4) is 11.5 Å². The molecule has 0 fully saturated rings. The van der Waals surface area contributed by atoms with Crippen LogP contribution in [0.5, 0.6) is 11.5 Å². The zero-order chi connectivity index (χ0) is 19.9. The summed E-state index contributed by atoms with van der Waals surface area (Å²) in [4.78, 5) is 0. The molecule has 0 unspecified atom stereocenters. The fraction of sp³-hybridized carbons (Fsp3) is 0.250. The minimum atomic E-state index is -0.557. The monoisotopic (exact) mass is 392 g/mol. The molecule has 0 amide bonds. The van der Waals surface area contributed by atoms with Gasteiger partial charge < -0.3 is 24.6 Å². The lowest BCUT2D eigenvalue weighted by Gasteiger charge is -2.20. The Morgan fingerprint density at radius 1 is 0.862 bits per heavy atom. The molecular formula is C24H26NO4+. The second-order valence-electron chi connectivity index (χ2n) is 7.10. The van der Waals surface area contributed by atoms with E-state index in [1.54, 1.807) is 0 Å². The number of hydrogen-bond donors (Lipinski definition) is 2. The first-order chi connectivity index (χ1) is 14.3. The molecular weight excluding hydrogens is 366 g/mol. The van der Waals surface area contributed by atoms with E-state index < -0.39 is 6.10 Å². The molecule has 0 saturated carbocycles. The highest BCUT2D eigenvalue weighted by atomic mass is 16.7. The van der Waals surface area contributed by atoms with Crippen molar-refractivity contribution in [2.24, 2.45) is 0 Å². The number of aliphatic hydroxyl groups is 1. The number of benzene rings is 3. The molecule has 0 bridgehead atoms. The van der Waals surface area contributed by atoms with Gasteiger partial charge in [0, 0.05) is 5.56 Å². The van der Waals surface area contributed by atoms with Crippen molar-refractivity contribution in [2.45, 2.75) is 18.8 Å². The van der Waals surface area contributed by atoms with Crippen molar-refractivity contribution < 1.29 is 24.6 Å². The highest BCUT2D eigenvalue weighted by molar-refractivity contribution is 5.44. The summed E-state index contributed by atoms with van der Waals surface area (Å²) in [6.07, 6.45) is -0.750. The van der Waals surface area contributed by atoms with Gasteiger partial charge in [0.05, 0.1) is 6.61 Å². The fourth-order valence-corrected chi connectivity index (χ4v) is 3.43. The Labute approximate surface area is 170 Å². The molecule has 0 saturated heterocycles. The van der Waals surface area contributed by atoms with Crippen LogP contribution in [0.3, 0.4) is 0 Å². The number of aliphatic hydroxyl groups excluding tert-OH is 1. The molecule has 29 heavy (non-hydrogen) atoms. The molecule has 0 radical (unpaired) electrons. The van der Waals surface area contributed by atoms with Crippen molar-refractivity contribution >= 4 is 0 Å². The Morgan fingerprint density at radius 3 is 2.21 bits per heavy atom. The van der Waals surface area contributed by atoms with E-state index in [1.165, 1.54) is 0 Å². The maximum Gasteiger partial charge on any atom is 0.231 e. The molecule has 4 rings (SSSR count). The lowest BCUT2D eigenvalue weighted by Crippen LogP contribution is -2.85. The van der Waals surface area contributed by atoms with Crippen LogP contribution in [0.15, 0.2) is 78.9 Å². The predicted octanol–water partition coefficient (Wildman–Crippen LogP) is 2.65. The zero-order valence-corrected chi connectivity index (χ0v) is 16.2. The quantitative estimate of drug-likeness (QED) is 0.588. The molecule has 5 nitrogen and oxygen atoms in total. The second kappa shape index (κ2) is 9.56. The average Bonchev–Trinajstić information content (AvgIpc) is 3.23. The van der Waals surface area contributed by atoms with E-state index in [9.17, 15) is 5.11 Å². The van der Waals surface area contributed by atoms with Gasteiger partial charge in [0.25, 0.3) is 0 Å². The van der Waals surface area contributed by atoms with Gasteiger partial charge in [-0.1, -0.05) is 60.7 Å². The molecule has 3 aromatic rings. The van der Waals surface area contributed by atoms with Crippen molar-refractivity contribution in [1.82, 2.24) is 0 Å². The topological polar surface area (TPSA) is 64.5 Å². The maximum atomic E-state index is 10.4. The van der Waals surface area contributed by atoms with Crippen molar-refractivity contribution in [2.75, 3.05) is 19.9 Å². The van der Waals surface area contributed by atoms with Gasteiger partial charge in [0.1, 0.15) is 25.3 Å². The van der Waals surface area contributed by atoms with Crippen LogP contribution in [0.2, 0.25) is 0 Å². The van der Waals surface area contributed by atoms with E-state index in [4.69, 9.17) is 14.2 Å². The zero-order valence-electron chi connectivity index (χ0n) is 16.2. The van der Waals surface area contributed by atoms with Gasteiger partial charge in [0.15, 0.2) is 11.5 Å². The van der Waals surface area contributed by atoms with E-state index in [-0.39, 0.29) is 19.5 Å². The third-order valence-corrected chi connectivity index (χ3v) is 4.92. The molecule has 150 valence electrons. The van der Waals surface area contributed by atoms with Crippen LogP contribution in [0.4, 0.5) is 0 Å². The van der Waals surface area contributed by atoms with Gasteiger partial charge in [-0.05, 0) is 29.3 Å². The number of rotatable bonds is 9. The molecule has 0 spiro atoms. The van der Waals surface area contributed by atoms with Crippen LogP contribution in [-0.4, -0.2) is 31.2 Å². The Hall–Kier alpha value is -2.86. The summed E-state index contributed by atoms with van der Waals surface area (Å²) in [5.41, 5.74) is 3.29. The van der Waals surface area contributed by atoms with Crippen LogP contribution < -0.4 is 14.8 Å². The molecule has 5 heteroatoms. The summed E-state index contributed by atoms with van der Waals surface area (Å²) in [5, 5.41) is 12.5. The molecule has 1 aliphatic rings. The molecule has 3 aromatic carbocycles. The fourth-order valence-electron chi connectivity index (χ4n) is 3.43. The van der Waals surface area contributed by atoms with Crippen LogP contribution in [0, 0.1) is 0 Å². The summed E-state index contributed by atoms with van der Waals surface area (Å²) in [7, 11) is 0. The number of nitrogens with two attached hydrogens (primary N) is 1. The molecule has 1 aliphatic heterocycles. The second-order valence-corrected chi connectivity index (χ2v) is 7.10. The predicted molar refractivity (Wildman–Crippen MR) is 110 cm³/mol. The summed E-state index contributed by atoms with van der Waals surface area (Å²) in [6.45, 7) is 1.87. The normalized spacial score (nSPS) is 13.6. The van der Waals surface area contributed by atoms with Gasteiger partial charge in [-0.25, -0.2) is 0 Å². The lowest BCUT2D eigenvalue weighted by atomic mass is 10.0. The standard InChI is InChI=1S/C24H25NO4/c26-21(15-25-14-18-11-12-22-23(13-18)29-17-28-22)16-27-24(19-7-3-1-4-8-19)20-9-5-2-6-10-20/h1-13,21,24-26H,14-17H2/p+1/t21-/m1/s1. The van der Waals surface area contributed by atoms with Gasteiger partial charge in [-0.15, -0.1) is 0 Å². The van der Waals surface area contributed by atoms with E-state index in [0.29, 0.717) is 6.54 Å². The van der Waals surface area contributed by atoms with Crippen molar-refractivity contribution in [3.63, 3.8) is 0 Å². The number of quaternary nitrogens is 1. The lowest BCUT2D eigenvalue weighted by molar-refractivity contribution is -0.676. The van der Waals surface area contributed by atoms with Crippen LogP contribution in [0.1, 0.15) is 22.8 Å². The SMILES string of the molecule is O[C@H](C[NH2+]Cc1ccc2c(c1)OCO2)COC(c1ccccc1)c1ccccc1. The third-order valence-electron chi connectivity index (χ3n) is 4.92. The smallest absolute Gasteiger partial charge is 0.231 e. The van der Waals surface area contributed by atoms with Gasteiger partial charge in [-0.2, -0.15) is 0 Å². The molecule has 3 N–H and O–H groups in total. The Balaban J connectivity index is 1.29. The summed E-state index contributed by atoms with van der Waals surface area (Å²) < 4.78 is 16.9.